The number of ether oxygens (including phenoxy) is 2. The molecule has 0 radical (unpaired) electrons. The van der Waals surface area contributed by atoms with Crippen molar-refractivity contribution in [1.29, 1.82) is 0 Å². The highest BCUT2D eigenvalue weighted by atomic mass is 32.2. The van der Waals surface area contributed by atoms with Crippen LogP contribution in [-0.2, 0) is 9.47 Å². The minimum Gasteiger partial charge on any atom is -0.446 e. The maximum absolute atomic E-state index is 14.3. The molecule has 0 bridgehead atoms. The van der Waals surface area contributed by atoms with Gasteiger partial charge in [-0.1, -0.05) is 12.1 Å². The van der Waals surface area contributed by atoms with Gasteiger partial charge in [-0.15, -0.1) is 0 Å². The number of carbonyl (C=O) groups excluding carboxylic acids is 1. The molecule has 1 heterocycles. The van der Waals surface area contributed by atoms with Crippen molar-refractivity contribution in [3.8, 4) is 0 Å². The van der Waals surface area contributed by atoms with E-state index in [1.165, 1.54) is 6.07 Å². The van der Waals surface area contributed by atoms with Crippen LogP contribution in [0.3, 0.4) is 0 Å². The monoisotopic (exact) mass is 511 g/mol. The van der Waals surface area contributed by atoms with E-state index in [0.717, 1.165) is 44.1 Å². The number of alkyl halides is 1. The van der Waals surface area contributed by atoms with Gasteiger partial charge >= 0.3 is 6.09 Å². The molecule has 0 spiro atoms. The van der Waals surface area contributed by atoms with Gasteiger partial charge in [0.1, 0.15) is 18.1 Å². The molecular formula is C26H39F2N3O3S. The molecule has 2 atom stereocenters. The Labute approximate surface area is 212 Å². The molecule has 1 saturated heterocycles. The summed E-state index contributed by atoms with van der Waals surface area (Å²) in [4.78, 5) is 14.3. The predicted molar refractivity (Wildman–Crippen MR) is 134 cm³/mol. The van der Waals surface area contributed by atoms with Crippen molar-refractivity contribution in [2.24, 2.45) is 5.92 Å². The number of nitrogens with one attached hydrogen (secondary N) is 1. The first kappa shape index (κ1) is 26.6. The number of hydrogen-bond donors (Lipinski definition) is 1. The van der Waals surface area contributed by atoms with Crippen molar-refractivity contribution >= 4 is 18.2 Å². The van der Waals surface area contributed by atoms with Crippen molar-refractivity contribution in [2.45, 2.75) is 75.1 Å². The number of benzene rings is 1. The van der Waals surface area contributed by atoms with Gasteiger partial charge in [0.2, 0.25) is 0 Å². The highest BCUT2D eigenvalue weighted by molar-refractivity contribution is 7.95. The van der Waals surface area contributed by atoms with Crippen LogP contribution in [0.15, 0.2) is 24.3 Å². The number of halogens is 2. The standard InChI is InChI=1S/C26H39F2N3O3S/c1-30(2)35-29-24-11-14-31(25(32)34-18-26(28)12-4-13-26)16-21(24)17-33-23-9-7-19(8-10-23)20-5-3-6-22(27)15-20/h3,5-6,15,19,21,23-24,29H,4,7-14,16-18H2,1-2H3/t19?,21-,23?,24?/m0/s1. The second-order valence-corrected chi connectivity index (χ2v) is 11.7. The fourth-order valence-electron chi connectivity index (χ4n) is 5.27. The minimum atomic E-state index is -1.33. The summed E-state index contributed by atoms with van der Waals surface area (Å²) in [5, 5.41) is 0. The Balaban J connectivity index is 1.27. The molecule has 3 aliphatic rings. The molecule has 35 heavy (non-hydrogen) atoms. The van der Waals surface area contributed by atoms with Crippen LogP contribution in [0.4, 0.5) is 13.6 Å². The summed E-state index contributed by atoms with van der Waals surface area (Å²) in [7, 11) is 3.97. The Hall–Kier alpha value is -1.42. The number of amides is 1. The molecule has 1 aromatic rings. The van der Waals surface area contributed by atoms with Crippen LogP contribution in [0, 0.1) is 11.7 Å². The van der Waals surface area contributed by atoms with Gasteiger partial charge in [-0.05, 0) is 89.1 Å². The zero-order chi connectivity index (χ0) is 24.8. The van der Waals surface area contributed by atoms with Crippen LogP contribution < -0.4 is 4.72 Å². The molecular weight excluding hydrogens is 472 g/mol. The average molecular weight is 512 g/mol. The number of piperidine rings is 1. The molecule has 2 aliphatic carbocycles. The van der Waals surface area contributed by atoms with E-state index in [0.29, 0.717) is 38.5 Å². The van der Waals surface area contributed by atoms with Crippen molar-refractivity contribution < 1.29 is 23.0 Å². The molecule has 1 aromatic carbocycles. The van der Waals surface area contributed by atoms with Gasteiger partial charge in [-0.2, -0.15) is 0 Å². The predicted octanol–water partition coefficient (Wildman–Crippen LogP) is 5.30. The zero-order valence-electron chi connectivity index (χ0n) is 20.9. The quantitative estimate of drug-likeness (QED) is 0.454. The number of nitrogens with zero attached hydrogens (tertiary/aromatic N) is 2. The van der Waals surface area contributed by atoms with Gasteiger partial charge in [0.15, 0.2) is 0 Å². The number of rotatable bonds is 9. The van der Waals surface area contributed by atoms with E-state index in [1.807, 2.05) is 24.5 Å². The van der Waals surface area contributed by atoms with Crippen LogP contribution in [0.25, 0.3) is 0 Å². The Morgan fingerprint density at radius 2 is 2.00 bits per heavy atom. The van der Waals surface area contributed by atoms with E-state index in [1.54, 1.807) is 29.2 Å². The van der Waals surface area contributed by atoms with Gasteiger partial charge in [-0.3, -0.25) is 0 Å². The van der Waals surface area contributed by atoms with Gasteiger partial charge < -0.3 is 14.4 Å². The van der Waals surface area contributed by atoms with Crippen LogP contribution in [0.1, 0.15) is 62.8 Å². The number of likely N-dealkylation sites (tertiary alicyclic amines) is 1. The average Bonchev–Trinajstić information content (AvgIpc) is 2.84. The lowest BCUT2D eigenvalue weighted by Crippen LogP contribution is -2.52. The minimum absolute atomic E-state index is 0.118. The lowest BCUT2D eigenvalue weighted by atomic mass is 9.82. The van der Waals surface area contributed by atoms with E-state index in [2.05, 4.69) is 4.72 Å². The molecule has 9 heteroatoms. The third-order valence-corrected chi connectivity index (χ3v) is 8.40. The third kappa shape index (κ3) is 7.54. The first-order valence-corrected chi connectivity index (χ1v) is 13.7. The fraction of sp³-hybridized carbons (Fsp3) is 0.731. The molecule has 4 rings (SSSR count). The summed E-state index contributed by atoms with van der Waals surface area (Å²) in [5.41, 5.74) is -0.253. The Morgan fingerprint density at radius 1 is 1.23 bits per heavy atom. The van der Waals surface area contributed by atoms with Crippen molar-refractivity contribution in [1.82, 2.24) is 13.9 Å². The first-order valence-electron chi connectivity index (χ1n) is 12.9. The molecule has 3 fully saturated rings. The zero-order valence-corrected chi connectivity index (χ0v) is 21.7. The Bertz CT molecular complexity index is 834. The fourth-order valence-corrected chi connectivity index (χ4v) is 5.92. The Morgan fingerprint density at radius 3 is 2.66 bits per heavy atom. The van der Waals surface area contributed by atoms with Gasteiger partial charge in [0.25, 0.3) is 0 Å². The maximum Gasteiger partial charge on any atom is 0.409 e. The topological polar surface area (TPSA) is 54.0 Å². The highest BCUT2D eigenvalue weighted by Crippen LogP contribution is 2.36. The van der Waals surface area contributed by atoms with E-state index < -0.39 is 11.8 Å². The van der Waals surface area contributed by atoms with Gasteiger partial charge in [0, 0.05) is 37.2 Å². The summed E-state index contributed by atoms with van der Waals surface area (Å²) >= 11 is 1.55. The van der Waals surface area contributed by atoms with Crippen LogP contribution in [0.5, 0.6) is 0 Å². The molecule has 1 N–H and O–H groups in total. The summed E-state index contributed by atoms with van der Waals surface area (Å²) in [5.74, 6) is 0.323. The van der Waals surface area contributed by atoms with Crippen molar-refractivity contribution in [3.05, 3.63) is 35.6 Å². The second kappa shape index (κ2) is 12.2. The molecule has 2 saturated carbocycles. The van der Waals surface area contributed by atoms with Gasteiger partial charge in [0.05, 0.1) is 12.7 Å². The molecule has 196 valence electrons. The van der Waals surface area contributed by atoms with Crippen molar-refractivity contribution in [2.75, 3.05) is 40.4 Å². The van der Waals surface area contributed by atoms with Gasteiger partial charge in [-0.25, -0.2) is 22.6 Å². The first-order chi connectivity index (χ1) is 16.8. The molecule has 1 aliphatic heterocycles. The molecule has 1 amide bonds. The van der Waals surface area contributed by atoms with E-state index in [4.69, 9.17) is 9.47 Å². The number of hydrogen-bond acceptors (Lipinski definition) is 6. The largest absolute Gasteiger partial charge is 0.446 e. The lowest BCUT2D eigenvalue weighted by molar-refractivity contribution is -0.0321. The smallest absolute Gasteiger partial charge is 0.409 e. The van der Waals surface area contributed by atoms with E-state index >= 15 is 0 Å². The van der Waals surface area contributed by atoms with Crippen LogP contribution >= 0.6 is 12.1 Å². The SMILES string of the molecule is CN(C)SNC1CCN(C(=O)OCC2(F)CCC2)C[C@H]1COC1CCC(c2cccc(F)c2)CC1. The third-order valence-electron chi connectivity index (χ3n) is 7.62. The molecule has 0 aromatic heterocycles. The Kier molecular flexibility index (Phi) is 9.29. The van der Waals surface area contributed by atoms with Crippen LogP contribution in [0.2, 0.25) is 0 Å². The highest BCUT2D eigenvalue weighted by Gasteiger charge is 2.40. The lowest BCUT2D eigenvalue weighted by Gasteiger charge is -2.40. The maximum atomic E-state index is 14.3. The molecule has 6 nitrogen and oxygen atoms in total. The van der Waals surface area contributed by atoms with E-state index in [9.17, 15) is 13.6 Å². The van der Waals surface area contributed by atoms with Crippen LogP contribution in [-0.4, -0.2) is 73.5 Å². The second-order valence-electron chi connectivity index (χ2n) is 10.5. The van der Waals surface area contributed by atoms with Crippen molar-refractivity contribution in [3.63, 3.8) is 0 Å². The normalized spacial score (nSPS) is 28.5. The summed E-state index contributed by atoms with van der Waals surface area (Å²) in [6.07, 6.45) is 6.22. The molecule has 1 unspecified atom stereocenters. The number of carbonyl (C=O) groups is 1. The summed E-state index contributed by atoms with van der Waals surface area (Å²) in [6, 6.07) is 7.14. The van der Waals surface area contributed by atoms with E-state index in [-0.39, 0.29) is 30.5 Å². The summed E-state index contributed by atoms with van der Waals surface area (Å²) < 4.78 is 45.1. The summed E-state index contributed by atoms with van der Waals surface area (Å²) in [6.45, 7) is 1.52.